The van der Waals surface area contributed by atoms with Crippen molar-refractivity contribution in [2.75, 3.05) is 5.32 Å². The first kappa shape index (κ1) is 19.7. The number of carbonyl (C=O) groups is 4. The number of carboxylic acids is 1. The molecule has 0 saturated heterocycles. The number of amides is 3. The highest BCUT2D eigenvalue weighted by Gasteiger charge is 2.09. The van der Waals surface area contributed by atoms with Gasteiger partial charge in [0.25, 0.3) is 17.7 Å². The van der Waals surface area contributed by atoms with E-state index in [9.17, 15) is 19.2 Å². The minimum atomic E-state index is -1.28. The van der Waals surface area contributed by atoms with Crippen LogP contribution in [0.1, 0.15) is 20.7 Å². The van der Waals surface area contributed by atoms with Gasteiger partial charge in [-0.05, 0) is 48.5 Å². The van der Waals surface area contributed by atoms with Gasteiger partial charge in [-0.2, -0.15) is 0 Å². The van der Waals surface area contributed by atoms with Gasteiger partial charge < -0.3 is 10.4 Å². The van der Waals surface area contributed by atoms with Crippen molar-refractivity contribution in [1.29, 1.82) is 0 Å². The van der Waals surface area contributed by atoms with E-state index >= 15 is 0 Å². The molecule has 2 aromatic carbocycles. The largest absolute Gasteiger partial charge is 0.478 e. The number of hydrogen-bond donors (Lipinski definition) is 4. The summed E-state index contributed by atoms with van der Waals surface area (Å²) in [4.78, 5) is 45.6. The van der Waals surface area contributed by atoms with E-state index in [0.29, 0.717) is 22.3 Å². The molecule has 0 heterocycles. The smallest absolute Gasteiger partial charge is 0.328 e. The van der Waals surface area contributed by atoms with E-state index in [1.54, 1.807) is 24.3 Å². The molecule has 27 heavy (non-hydrogen) atoms. The van der Waals surface area contributed by atoms with Crippen molar-refractivity contribution >= 4 is 41.0 Å². The molecule has 2 rings (SSSR count). The zero-order valence-electron chi connectivity index (χ0n) is 13.7. The van der Waals surface area contributed by atoms with Gasteiger partial charge in [-0.15, -0.1) is 0 Å². The number of carboxylic acid groups (broad SMARTS) is 1. The molecule has 0 aromatic heterocycles. The summed E-state index contributed by atoms with van der Waals surface area (Å²) in [7, 11) is 0. The molecule has 2 aromatic rings. The predicted molar refractivity (Wildman–Crippen MR) is 98.2 cm³/mol. The lowest BCUT2D eigenvalue weighted by Crippen LogP contribution is -2.40. The standard InChI is InChI=1S/C18H14ClN3O5/c19-13-5-1-11(2-6-13)17(26)20-14-7-3-12(4-8-14)18(27)22-21-15(23)9-10-16(24)25/h1-10H,(H,20,26)(H,21,23)(H,22,27)(H,24,25)/b10-9-. The van der Waals surface area contributed by atoms with Crippen LogP contribution in [0.3, 0.4) is 0 Å². The summed E-state index contributed by atoms with van der Waals surface area (Å²) in [6.45, 7) is 0. The molecule has 8 nitrogen and oxygen atoms in total. The van der Waals surface area contributed by atoms with Gasteiger partial charge >= 0.3 is 5.97 Å². The van der Waals surface area contributed by atoms with Crippen LogP contribution in [0.2, 0.25) is 5.02 Å². The first-order chi connectivity index (χ1) is 12.8. The van der Waals surface area contributed by atoms with E-state index in [0.717, 1.165) is 6.08 Å². The summed E-state index contributed by atoms with van der Waals surface area (Å²) in [5, 5.41) is 11.6. The first-order valence-electron chi connectivity index (χ1n) is 7.53. The number of aliphatic carboxylic acids is 1. The summed E-state index contributed by atoms with van der Waals surface area (Å²) < 4.78 is 0. The van der Waals surface area contributed by atoms with Crippen LogP contribution in [-0.4, -0.2) is 28.8 Å². The fourth-order valence-electron chi connectivity index (χ4n) is 1.89. The number of rotatable bonds is 5. The zero-order chi connectivity index (χ0) is 19.8. The molecule has 0 fully saturated rings. The number of anilines is 1. The Morgan fingerprint density at radius 3 is 1.93 bits per heavy atom. The number of carbonyl (C=O) groups excluding carboxylic acids is 3. The van der Waals surface area contributed by atoms with Crippen molar-refractivity contribution in [3.63, 3.8) is 0 Å². The van der Waals surface area contributed by atoms with Crippen molar-refractivity contribution in [2.45, 2.75) is 0 Å². The molecule has 9 heteroatoms. The number of hydrazine groups is 1. The van der Waals surface area contributed by atoms with Crippen LogP contribution >= 0.6 is 11.6 Å². The molecule has 0 aliphatic heterocycles. The van der Waals surface area contributed by atoms with Gasteiger partial charge in [-0.3, -0.25) is 25.2 Å². The Kier molecular flexibility index (Phi) is 6.67. The molecule has 138 valence electrons. The highest BCUT2D eigenvalue weighted by molar-refractivity contribution is 6.30. The Hall–Kier alpha value is -3.65. The molecule has 0 aliphatic carbocycles. The molecular weight excluding hydrogens is 374 g/mol. The van der Waals surface area contributed by atoms with Crippen LogP contribution in [0.5, 0.6) is 0 Å². The maximum Gasteiger partial charge on any atom is 0.328 e. The van der Waals surface area contributed by atoms with E-state index in [4.69, 9.17) is 16.7 Å². The van der Waals surface area contributed by atoms with Crippen LogP contribution in [0.15, 0.2) is 60.7 Å². The van der Waals surface area contributed by atoms with Crippen LogP contribution in [0.25, 0.3) is 0 Å². The molecule has 0 aliphatic rings. The molecule has 0 spiro atoms. The third-order valence-electron chi connectivity index (χ3n) is 3.19. The van der Waals surface area contributed by atoms with Gasteiger partial charge in [0.15, 0.2) is 0 Å². The van der Waals surface area contributed by atoms with Gasteiger partial charge in [0, 0.05) is 34.0 Å². The van der Waals surface area contributed by atoms with Crippen molar-refractivity contribution < 1.29 is 24.3 Å². The number of hydrogen-bond acceptors (Lipinski definition) is 4. The Balaban J connectivity index is 1.91. The van der Waals surface area contributed by atoms with Crippen molar-refractivity contribution in [2.24, 2.45) is 0 Å². The van der Waals surface area contributed by atoms with E-state index in [1.807, 2.05) is 5.43 Å². The quantitative estimate of drug-likeness (QED) is 0.461. The normalized spacial score (nSPS) is 10.3. The second kappa shape index (κ2) is 9.16. The second-order valence-corrected chi connectivity index (χ2v) is 5.59. The minimum absolute atomic E-state index is 0.224. The van der Waals surface area contributed by atoms with Crippen LogP contribution in [-0.2, 0) is 9.59 Å². The van der Waals surface area contributed by atoms with Gasteiger partial charge in [0.2, 0.25) is 0 Å². The van der Waals surface area contributed by atoms with Crippen LogP contribution in [0.4, 0.5) is 5.69 Å². The zero-order valence-corrected chi connectivity index (χ0v) is 14.5. The lowest BCUT2D eigenvalue weighted by Gasteiger charge is -2.08. The Bertz CT molecular complexity index is 892. The number of halogens is 1. The number of benzene rings is 2. The van der Waals surface area contributed by atoms with Crippen LogP contribution in [0, 0.1) is 0 Å². The summed E-state index contributed by atoms with van der Waals surface area (Å²) in [5.41, 5.74) is 5.30. The summed E-state index contributed by atoms with van der Waals surface area (Å²) in [6.07, 6.45) is 1.40. The molecule has 0 saturated carbocycles. The highest BCUT2D eigenvalue weighted by Crippen LogP contribution is 2.13. The fraction of sp³-hybridized carbons (Fsp3) is 0. The third-order valence-corrected chi connectivity index (χ3v) is 3.44. The third kappa shape index (κ3) is 6.29. The molecule has 0 radical (unpaired) electrons. The molecular formula is C18H14ClN3O5. The summed E-state index contributed by atoms with van der Waals surface area (Å²) >= 11 is 5.77. The minimum Gasteiger partial charge on any atom is -0.478 e. The van der Waals surface area contributed by atoms with E-state index in [-0.39, 0.29) is 11.5 Å². The van der Waals surface area contributed by atoms with Gasteiger partial charge in [0.1, 0.15) is 0 Å². The lowest BCUT2D eigenvalue weighted by molar-refractivity contribution is -0.131. The van der Waals surface area contributed by atoms with Crippen LogP contribution < -0.4 is 16.2 Å². The van der Waals surface area contributed by atoms with Crippen molar-refractivity contribution in [3.05, 3.63) is 76.8 Å². The lowest BCUT2D eigenvalue weighted by atomic mass is 10.1. The van der Waals surface area contributed by atoms with Crippen molar-refractivity contribution in [1.82, 2.24) is 10.9 Å². The summed E-state index contributed by atoms with van der Waals surface area (Å²) in [6, 6.07) is 12.3. The maximum absolute atomic E-state index is 12.1. The maximum atomic E-state index is 12.1. The fourth-order valence-corrected chi connectivity index (χ4v) is 2.01. The monoisotopic (exact) mass is 387 g/mol. The van der Waals surface area contributed by atoms with Gasteiger partial charge in [-0.1, -0.05) is 11.6 Å². The number of nitrogens with one attached hydrogen (secondary N) is 3. The van der Waals surface area contributed by atoms with E-state index < -0.39 is 17.8 Å². The molecule has 0 unspecified atom stereocenters. The Morgan fingerprint density at radius 1 is 0.778 bits per heavy atom. The second-order valence-electron chi connectivity index (χ2n) is 5.15. The average molecular weight is 388 g/mol. The highest BCUT2D eigenvalue weighted by atomic mass is 35.5. The predicted octanol–water partition coefficient (Wildman–Crippen LogP) is 1.99. The molecule has 0 bridgehead atoms. The van der Waals surface area contributed by atoms with Gasteiger partial charge in [0.05, 0.1) is 0 Å². The Morgan fingerprint density at radius 2 is 1.33 bits per heavy atom. The van der Waals surface area contributed by atoms with E-state index in [2.05, 4.69) is 10.7 Å². The van der Waals surface area contributed by atoms with Gasteiger partial charge in [-0.25, -0.2) is 4.79 Å². The molecule has 0 atom stereocenters. The first-order valence-corrected chi connectivity index (χ1v) is 7.91. The molecule has 3 amide bonds. The topological polar surface area (TPSA) is 125 Å². The van der Waals surface area contributed by atoms with Crippen molar-refractivity contribution in [3.8, 4) is 0 Å². The Labute approximate surface area is 158 Å². The van der Waals surface area contributed by atoms with E-state index in [1.165, 1.54) is 24.3 Å². The molecule has 4 N–H and O–H groups in total. The SMILES string of the molecule is O=C(O)/C=C\C(=O)NNC(=O)c1ccc(NC(=O)c2ccc(Cl)cc2)cc1. The average Bonchev–Trinajstić information content (AvgIpc) is 2.65. The summed E-state index contributed by atoms with van der Waals surface area (Å²) in [5.74, 6) is -3.02.